The zero-order valence-electron chi connectivity index (χ0n) is 15.1. The highest BCUT2D eigenvalue weighted by Gasteiger charge is 2.64. The SMILES string of the molecule is C=C1CC2(C=O)CC1CCC2C1(C)CCCC(C)(C(=O)O)C1C(=O)O. The Hall–Kier alpha value is -1.65. The largest absolute Gasteiger partial charge is 0.481 e. The van der Waals surface area contributed by atoms with Crippen molar-refractivity contribution in [3.8, 4) is 0 Å². The van der Waals surface area contributed by atoms with Crippen molar-refractivity contribution in [3.05, 3.63) is 12.2 Å². The van der Waals surface area contributed by atoms with Crippen LogP contribution in [0.1, 0.15) is 58.8 Å². The molecule has 5 heteroatoms. The van der Waals surface area contributed by atoms with E-state index in [1.165, 1.54) is 0 Å². The van der Waals surface area contributed by atoms with Crippen molar-refractivity contribution in [2.24, 2.45) is 34.0 Å². The van der Waals surface area contributed by atoms with E-state index in [4.69, 9.17) is 0 Å². The van der Waals surface area contributed by atoms with Gasteiger partial charge >= 0.3 is 11.9 Å². The van der Waals surface area contributed by atoms with Gasteiger partial charge in [0.05, 0.1) is 11.3 Å². The minimum atomic E-state index is -1.30. The highest BCUT2D eigenvalue weighted by Crippen LogP contribution is 2.66. The Morgan fingerprint density at radius 1 is 1.20 bits per heavy atom. The van der Waals surface area contributed by atoms with Gasteiger partial charge in [-0.2, -0.15) is 0 Å². The van der Waals surface area contributed by atoms with Gasteiger partial charge < -0.3 is 15.0 Å². The van der Waals surface area contributed by atoms with Crippen LogP contribution >= 0.6 is 0 Å². The normalized spacial score (nSPS) is 46.6. The minimum absolute atomic E-state index is 0.104. The molecule has 0 radical (unpaired) electrons. The Morgan fingerprint density at radius 2 is 1.88 bits per heavy atom. The molecule has 0 amide bonds. The van der Waals surface area contributed by atoms with E-state index in [0.717, 1.165) is 31.1 Å². The predicted molar refractivity (Wildman–Crippen MR) is 91.9 cm³/mol. The lowest BCUT2D eigenvalue weighted by atomic mass is 9.46. The quantitative estimate of drug-likeness (QED) is 0.599. The molecule has 2 N–H and O–H groups in total. The second-order valence-electron chi connectivity index (χ2n) is 9.07. The summed E-state index contributed by atoms with van der Waals surface area (Å²) in [5.41, 5.74) is -1.47. The lowest BCUT2D eigenvalue weighted by molar-refractivity contribution is -0.183. The van der Waals surface area contributed by atoms with E-state index in [1.807, 2.05) is 6.92 Å². The van der Waals surface area contributed by atoms with Crippen LogP contribution in [0.5, 0.6) is 0 Å². The first kappa shape index (κ1) is 18.2. The van der Waals surface area contributed by atoms with Crippen LogP contribution in [0, 0.1) is 34.0 Å². The molecule has 6 atom stereocenters. The zero-order valence-corrected chi connectivity index (χ0v) is 15.1. The van der Waals surface area contributed by atoms with E-state index >= 15 is 0 Å². The van der Waals surface area contributed by atoms with Crippen LogP contribution in [0.25, 0.3) is 0 Å². The molecule has 25 heavy (non-hydrogen) atoms. The molecule has 0 aromatic carbocycles. The van der Waals surface area contributed by atoms with Crippen molar-refractivity contribution < 1.29 is 24.6 Å². The molecule has 3 aliphatic carbocycles. The number of rotatable bonds is 4. The number of carboxylic acid groups (broad SMARTS) is 2. The maximum Gasteiger partial charge on any atom is 0.310 e. The van der Waals surface area contributed by atoms with Crippen LogP contribution in [0.15, 0.2) is 12.2 Å². The van der Waals surface area contributed by atoms with Crippen molar-refractivity contribution in [1.29, 1.82) is 0 Å². The Labute approximate surface area is 148 Å². The summed E-state index contributed by atoms with van der Waals surface area (Å²) < 4.78 is 0. The molecule has 3 rings (SSSR count). The van der Waals surface area contributed by atoms with Gasteiger partial charge in [0.25, 0.3) is 0 Å². The van der Waals surface area contributed by atoms with Crippen LogP contribution in [0.4, 0.5) is 0 Å². The molecule has 3 saturated carbocycles. The average molecular weight is 348 g/mol. The molecule has 138 valence electrons. The highest BCUT2D eigenvalue weighted by atomic mass is 16.4. The predicted octanol–water partition coefficient (Wildman–Crippen LogP) is 3.53. The Bertz CT molecular complexity index is 640. The second-order valence-corrected chi connectivity index (χ2v) is 9.07. The molecule has 0 spiro atoms. The summed E-state index contributed by atoms with van der Waals surface area (Å²) in [6.45, 7) is 7.62. The van der Waals surface area contributed by atoms with E-state index in [-0.39, 0.29) is 5.92 Å². The molecule has 0 heterocycles. The molecular weight excluding hydrogens is 320 g/mol. The molecule has 3 aliphatic rings. The van der Waals surface area contributed by atoms with Crippen LogP contribution < -0.4 is 0 Å². The second kappa shape index (κ2) is 5.68. The Kier molecular flexibility index (Phi) is 4.12. The molecular formula is C20H28O5. The number of carboxylic acids is 2. The van der Waals surface area contributed by atoms with E-state index in [1.54, 1.807) is 6.92 Å². The maximum absolute atomic E-state index is 12.2. The van der Waals surface area contributed by atoms with E-state index in [2.05, 4.69) is 6.58 Å². The first-order valence-electron chi connectivity index (χ1n) is 9.21. The lowest BCUT2D eigenvalue weighted by Gasteiger charge is -2.56. The van der Waals surface area contributed by atoms with Gasteiger partial charge in [-0.15, -0.1) is 0 Å². The van der Waals surface area contributed by atoms with E-state index < -0.39 is 34.1 Å². The highest BCUT2D eigenvalue weighted by molar-refractivity contribution is 5.84. The van der Waals surface area contributed by atoms with E-state index in [0.29, 0.717) is 31.6 Å². The number of carbonyl (C=O) groups is 3. The summed E-state index contributed by atoms with van der Waals surface area (Å²) in [5.74, 6) is -2.84. The van der Waals surface area contributed by atoms with Crippen molar-refractivity contribution >= 4 is 18.2 Å². The van der Waals surface area contributed by atoms with Gasteiger partial charge in [-0.1, -0.05) is 25.5 Å². The van der Waals surface area contributed by atoms with Crippen molar-refractivity contribution in [1.82, 2.24) is 0 Å². The Balaban J connectivity index is 2.09. The summed E-state index contributed by atoms with van der Waals surface area (Å²) in [6.07, 6.45) is 5.79. The topological polar surface area (TPSA) is 91.7 Å². The number of hydrogen-bond donors (Lipinski definition) is 2. The monoisotopic (exact) mass is 348 g/mol. The van der Waals surface area contributed by atoms with Gasteiger partial charge in [-0.25, -0.2) is 0 Å². The molecule has 5 nitrogen and oxygen atoms in total. The number of hydrogen-bond acceptors (Lipinski definition) is 3. The van der Waals surface area contributed by atoms with E-state index in [9.17, 15) is 24.6 Å². The summed E-state index contributed by atoms with van der Waals surface area (Å²) in [4.78, 5) is 36.3. The fraction of sp³-hybridized carbons (Fsp3) is 0.750. The van der Waals surface area contributed by atoms with Gasteiger partial charge in [0.2, 0.25) is 0 Å². The van der Waals surface area contributed by atoms with Gasteiger partial charge in [-0.05, 0) is 62.7 Å². The van der Waals surface area contributed by atoms with Crippen molar-refractivity contribution in [2.75, 3.05) is 0 Å². The number of allylic oxidation sites excluding steroid dienone is 1. The van der Waals surface area contributed by atoms with Gasteiger partial charge in [-0.3, -0.25) is 9.59 Å². The van der Waals surface area contributed by atoms with Crippen LogP contribution in [-0.2, 0) is 14.4 Å². The third-order valence-electron chi connectivity index (χ3n) is 7.73. The Morgan fingerprint density at radius 3 is 2.44 bits per heavy atom. The van der Waals surface area contributed by atoms with Crippen LogP contribution in [-0.4, -0.2) is 28.4 Å². The third-order valence-corrected chi connectivity index (χ3v) is 7.73. The molecule has 0 aromatic rings. The van der Waals surface area contributed by atoms with Crippen molar-refractivity contribution in [3.63, 3.8) is 0 Å². The number of aliphatic carboxylic acids is 2. The first-order valence-corrected chi connectivity index (χ1v) is 9.21. The third kappa shape index (κ3) is 2.38. The lowest BCUT2D eigenvalue weighted by Crippen LogP contribution is -2.57. The van der Waals surface area contributed by atoms with Gasteiger partial charge in [0.1, 0.15) is 6.29 Å². The smallest absolute Gasteiger partial charge is 0.310 e. The maximum atomic E-state index is 12.2. The number of carbonyl (C=O) groups excluding carboxylic acids is 1. The summed E-state index contributed by atoms with van der Waals surface area (Å²) >= 11 is 0. The molecule has 0 aromatic heterocycles. The molecule has 3 fully saturated rings. The molecule has 0 saturated heterocycles. The van der Waals surface area contributed by atoms with Crippen molar-refractivity contribution in [2.45, 2.75) is 58.8 Å². The summed E-state index contributed by atoms with van der Waals surface area (Å²) in [5, 5.41) is 19.8. The average Bonchev–Trinajstić information content (AvgIpc) is 2.77. The number of fused-ring (bicyclic) bond motifs is 2. The molecule has 2 bridgehead atoms. The number of aldehydes is 1. The summed E-state index contributed by atoms with van der Waals surface area (Å²) in [6, 6.07) is 0. The van der Waals surface area contributed by atoms with Gasteiger partial charge in [0.15, 0.2) is 0 Å². The van der Waals surface area contributed by atoms with Crippen LogP contribution in [0.3, 0.4) is 0 Å². The summed E-state index contributed by atoms with van der Waals surface area (Å²) in [7, 11) is 0. The standard InChI is InChI=1S/C20H28O5/c1-12-9-20(11-21)10-13(12)5-6-14(20)18(2)7-4-8-19(3,17(24)25)15(18)16(22)23/h11,13-15H,1,4-10H2,2-3H3,(H,22,23)(H,24,25). The minimum Gasteiger partial charge on any atom is -0.481 e. The molecule has 6 unspecified atom stereocenters. The fourth-order valence-electron chi connectivity index (χ4n) is 6.64. The zero-order chi connectivity index (χ0) is 18.6. The van der Waals surface area contributed by atoms with Crippen LogP contribution in [0.2, 0.25) is 0 Å². The van der Waals surface area contributed by atoms with Gasteiger partial charge in [0, 0.05) is 5.41 Å². The fourth-order valence-corrected chi connectivity index (χ4v) is 6.64. The molecule has 0 aliphatic heterocycles. The first-order chi connectivity index (χ1) is 11.6.